The molecule has 0 saturated heterocycles. The molecule has 0 radical (unpaired) electrons. The topological polar surface area (TPSA) is 16.6 Å². The van der Waals surface area contributed by atoms with Gasteiger partial charge in [-0.1, -0.05) is 42.6 Å². The molecule has 1 aromatic rings. The fourth-order valence-electron chi connectivity index (χ4n) is 1.51. The summed E-state index contributed by atoms with van der Waals surface area (Å²) in [6.07, 6.45) is 3.83. The molecular weight excluding hydrogens is 229 g/mol. The molecule has 0 aromatic heterocycles. The van der Waals surface area contributed by atoms with Crippen LogP contribution in [0.2, 0.25) is 10.0 Å². The van der Waals surface area contributed by atoms with Crippen LogP contribution in [-0.2, 0) is 6.54 Å². The van der Waals surface area contributed by atoms with Crippen LogP contribution in [0.25, 0.3) is 0 Å². The summed E-state index contributed by atoms with van der Waals surface area (Å²) < 4.78 is 0. The third kappa shape index (κ3) is 4.42. The summed E-state index contributed by atoms with van der Waals surface area (Å²) in [5.74, 6) is 0. The second kappa shape index (κ2) is 7.10. The molecule has 0 aliphatic carbocycles. The number of halogens is 2. The molecule has 15 heavy (non-hydrogen) atoms. The fraction of sp³-hybridized carbons (Fsp3) is 0.500. The van der Waals surface area contributed by atoms with Crippen LogP contribution in [-0.4, -0.2) is 6.54 Å². The Bertz CT molecular complexity index is 279. The second-order valence-corrected chi connectivity index (χ2v) is 4.50. The van der Waals surface area contributed by atoms with Gasteiger partial charge in [-0.3, -0.25) is 0 Å². The van der Waals surface area contributed by atoms with Gasteiger partial charge in [0.1, 0.15) is 6.54 Å². The summed E-state index contributed by atoms with van der Waals surface area (Å²) in [6, 6.07) is 5.66. The van der Waals surface area contributed by atoms with Crippen LogP contribution in [0.1, 0.15) is 31.7 Å². The number of hydrogen-bond acceptors (Lipinski definition) is 0. The van der Waals surface area contributed by atoms with Gasteiger partial charge in [0.25, 0.3) is 0 Å². The van der Waals surface area contributed by atoms with E-state index in [1.807, 2.05) is 18.2 Å². The molecule has 0 aliphatic heterocycles. The predicted molar refractivity (Wildman–Crippen MR) is 66.5 cm³/mol. The van der Waals surface area contributed by atoms with E-state index in [0.29, 0.717) is 0 Å². The van der Waals surface area contributed by atoms with Crippen molar-refractivity contribution in [3.8, 4) is 0 Å². The summed E-state index contributed by atoms with van der Waals surface area (Å²) in [7, 11) is 0. The van der Waals surface area contributed by atoms with Crippen molar-refractivity contribution in [3.63, 3.8) is 0 Å². The van der Waals surface area contributed by atoms with E-state index >= 15 is 0 Å². The Hall–Kier alpha value is -0.240. The zero-order valence-electron chi connectivity index (χ0n) is 9.10. The second-order valence-electron chi connectivity index (χ2n) is 3.69. The first-order valence-corrected chi connectivity index (χ1v) is 6.26. The Morgan fingerprint density at radius 1 is 1.13 bits per heavy atom. The van der Waals surface area contributed by atoms with Gasteiger partial charge in [-0.05, 0) is 25.0 Å². The number of benzene rings is 1. The Kier molecular flexibility index (Phi) is 6.07. The lowest BCUT2D eigenvalue weighted by molar-refractivity contribution is -0.670. The monoisotopic (exact) mass is 246 g/mol. The lowest BCUT2D eigenvalue weighted by Crippen LogP contribution is -2.82. The van der Waals surface area contributed by atoms with Crippen LogP contribution in [0.4, 0.5) is 0 Å². The van der Waals surface area contributed by atoms with Gasteiger partial charge in [-0.15, -0.1) is 0 Å². The predicted octanol–water partition coefficient (Wildman–Crippen LogP) is 3.25. The molecule has 84 valence electrons. The van der Waals surface area contributed by atoms with Crippen molar-refractivity contribution < 1.29 is 5.32 Å². The van der Waals surface area contributed by atoms with Crippen molar-refractivity contribution >= 4 is 23.2 Å². The minimum atomic E-state index is 0.772. The van der Waals surface area contributed by atoms with Crippen LogP contribution in [0.5, 0.6) is 0 Å². The lowest BCUT2D eigenvalue weighted by atomic mass is 10.2. The van der Waals surface area contributed by atoms with Crippen LogP contribution >= 0.6 is 23.2 Å². The normalized spacial score (nSPS) is 10.6. The maximum Gasteiger partial charge on any atom is 0.104 e. The highest BCUT2D eigenvalue weighted by Crippen LogP contribution is 2.22. The van der Waals surface area contributed by atoms with Gasteiger partial charge in [0.2, 0.25) is 0 Å². The summed E-state index contributed by atoms with van der Waals surface area (Å²) in [6.45, 7) is 4.24. The molecular formula is C12H18Cl2N+. The molecule has 1 aromatic carbocycles. The number of hydrogen-bond donors (Lipinski definition) is 1. The third-order valence-corrected chi connectivity index (χ3v) is 3.13. The maximum absolute atomic E-state index is 6.07. The molecule has 2 N–H and O–H groups in total. The van der Waals surface area contributed by atoms with E-state index in [9.17, 15) is 0 Å². The molecule has 0 bridgehead atoms. The summed E-state index contributed by atoms with van der Waals surface area (Å²) in [5.41, 5.74) is 1.05. The minimum Gasteiger partial charge on any atom is -0.342 e. The first kappa shape index (κ1) is 12.8. The van der Waals surface area contributed by atoms with Gasteiger partial charge in [0.05, 0.1) is 16.6 Å². The van der Waals surface area contributed by atoms with Crippen molar-refractivity contribution in [2.75, 3.05) is 6.54 Å². The zero-order valence-corrected chi connectivity index (χ0v) is 10.6. The summed E-state index contributed by atoms with van der Waals surface area (Å²) in [4.78, 5) is 0. The lowest BCUT2D eigenvalue weighted by Gasteiger charge is -2.05. The van der Waals surface area contributed by atoms with Gasteiger partial charge < -0.3 is 5.32 Å². The quantitative estimate of drug-likeness (QED) is 0.743. The maximum atomic E-state index is 6.07. The van der Waals surface area contributed by atoms with Gasteiger partial charge >= 0.3 is 0 Å². The first-order valence-electron chi connectivity index (χ1n) is 5.50. The molecule has 0 amide bonds. The van der Waals surface area contributed by atoms with Crippen molar-refractivity contribution in [2.45, 2.75) is 32.7 Å². The van der Waals surface area contributed by atoms with E-state index in [1.165, 1.54) is 19.3 Å². The van der Waals surface area contributed by atoms with Crippen molar-refractivity contribution in [1.29, 1.82) is 0 Å². The average molecular weight is 247 g/mol. The van der Waals surface area contributed by atoms with E-state index in [1.54, 1.807) is 0 Å². The molecule has 3 heteroatoms. The first-order chi connectivity index (χ1) is 7.25. The van der Waals surface area contributed by atoms with Crippen LogP contribution < -0.4 is 5.32 Å². The molecule has 0 heterocycles. The average Bonchev–Trinajstić information content (AvgIpc) is 2.21. The van der Waals surface area contributed by atoms with Gasteiger partial charge in [0, 0.05) is 5.56 Å². The SMILES string of the molecule is CCCCC[NH2+]Cc1c(Cl)cccc1Cl. The molecule has 0 saturated carbocycles. The van der Waals surface area contributed by atoms with E-state index < -0.39 is 0 Å². The van der Waals surface area contributed by atoms with Gasteiger partial charge in [-0.2, -0.15) is 0 Å². The standard InChI is InChI=1S/C12H17Cl2N/c1-2-3-4-8-15-9-10-11(13)6-5-7-12(10)14/h5-7,15H,2-4,8-9H2,1H3/p+1. The van der Waals surface area contributed by atoms with Crippen LogP contribution in [0.3, 0.4) is 0 Å². The van der Waals surface area contributed by atoms with Crippen molar-refractivity contribution in [2.24, 2.45) is 0 Å². The smallest absolute Gasteiger partial charge is 0.104 e. The largest absolute Gasteiger partial charge is 0.342 e. The Labute approximate surface area is 102 Å². The molecule has 0 aliphatic rings. The van der Waals surface area contributed by atoms with E-state index in [4.69, 9.17) is 23.2 Å². The zero-order chi connectivity index (χ0) is 11.1. The summed E-state index contributed by atoms with van der Waals surface area (Å²) >= 11 is 12.1. The number of unbranched alkanes of at least 4 members (excludes halogenated alkanes) is 2. The highest BCUT2D eigenvalue weighted by atomic mass is 35.5. The highest BCUT2D eigenvalue weighted by molar-refractivity contribution is 6.35. The molecule has 0 fully saturated rings. The molecule has 0 atom stereocenters. The molecule has 0 unspecified atom stereocenters. The van der Waals surface area contributed by atoms with E-state index in [-0.39, 0.29) is 0 Å². The third-order valence-electron chi connectivity index (χ3n) is 2.42. The molecule has 1 rings (SSSR count). The Balaban J connectivity index is 2.37. The number of quaternary nitrogens is 1. The highest BCUT2D eigenvalue weighted by Gasteiger charge is 2.06. The van der Waals surface area contributed by atoms with Crippen LogP contribution in [0, 0.1) is 0 Å². The van der Waals surface area contributed by atoms with E-state index in [2.05, 4.69) is 12.2 Å². The number of rotatable bonds is 6. The molecule has 0 spiro atoms. The fourth-order valence-corrected chi connectivity index (χ4v) is 2.06. The van der Waals surface area contributed by atoms with E-state index in [0.717, 1.165) is 28.7 Å². The van der Waals surface area contributed by atoms with Crippen LogP contribution in [0.15, 0.2) is 18.2 Å². The number of nitrogens with two attached hydrogens (primary N) is 1. The Morgan fingerprint density at radius 3 is 2.40 bits per heavy atom. The Morgan fingerprint density at radius 2 is 1.80 bits per heavy atom. The minimum absolute atomic E-state index is 0.772. The van der Waals surface area contributed by atoms with Crippen molar-refractivity contribution in [3.05, 3.63) is 33.8 Å². The molecule has 1 nitrogen and oxygen atoms in total. The van der Waals surface area contributed by atoms with Gasteiger partial charge in [0.15, 0.2) is 0 Å². The summed E-state index contributed by atoms with van der Waals surface area (Å²) in [5, 5.41) is 3.81. The van der Waals surface area contributed by atoms with Crippen molar-refractivity contribution in [1.82, 2.24) is 0 Å². The van der Waals surface area contributed by atoms with Gasteiger partial charge in [-0.25, -0.2) is 0 Å².